The standard InChI is InChI=1S/C21H20ClN3O2/c1-24-19(13-18(23-24)16-9-5-6-10-17(16)22)21(26)25-11-12-27-20(14-25)15-7-3-2-4-8-15/h2-10,13,20H,11-12,14H2,1H3/t20-/m1/s1. The van der Waals surface area contributed by atoms with Crippen molar-refractivity contribution >= 4 is 17.5 Å². The number of nitrogens with zero attached hydrogens (tertiary/aromatic N) is 3. The summed E-state index contributed by atoms with van der Waals surface area (Å²) in [5.74, 6) is -0.0486. The number of aryl methyl sites for hydroxylation is 1. The normalized spacial score (nSPS) is 17.1. The van der Waals surface area contributed by atoms with Gasteiger partial charge in [-0.1, -0.05) is 60.1 Å². The number of amides is 1. The summed E-state index contributed by atoms with van der Waals surface area (Å²) in [4.78, 5) is 14.9. The van der Waals surface area contributed by atoms with E-state index in [1.54, 1.807) is 17.8 Å². The quantitative estimate of drug-likeness (QED) is 0.690. The molecule has 5 nitrogen and oxygen atoms in total. The molecule has 1 aliphatic heterocycles. The van der Waals surface area contributed by atoms with Crippen LogP contribution in [0.3, 0.4) is 0 Å². The van der Waals surface area contributed by atoms with E-state index in [4.69, 9.17) is 16.3 Å². The predicted molar refractivity (Wildman–Crippen MR) is 105 cm³/mol. The van der Waals surface area contributed by atoms with Crippen molar-refractivity contribution < 1.29 is 9.53 Å². The summed E-state index contributed by atoms with van der Waals surface area (Å²) in [5.41, 5.74) is 3.13. The number of benzene rings is 2. The molecule has 1 aromatic heterocycles. The average Bonchev–Trinajstić information content (AvgIpc) is 3.10. The SMILES string of the molecule is Cn1nc(-c2ccccc2Cl)cc1C(=O)N1CCO[C@@H](c2ccccc2)C1. The zero-order valence-corrected chi connectivity index (χ0v) is 15.8. The molecular formula is C21H20ClN3O2. The van der Waals surface area contributed by atoms with Gasteiger partial charge in [-0.25, -0.2) is 0 Å². The maximum Gasteiger partial charge on any atom is 0.272 e. The lowest BCUT2D eigenvalue weighted by Crippen LogP contribution is -2.42. The van der Waals surface area contributed by atoms with Crippen LogP contribution in [-0.2, 0) is 11.8 Å². The molecule has 0 radical (unpaired) electrons. The van der Waals surface area contributed by atoms with Gasteiger partial charge in [-0.2, -0.15) is 5.10 Å². The van der Waals surface area contributed by atoms with Crippen LogP contribution in [0, 0.1) is 0 Å². The predicted octanol–water partition coefficient (Wildman–Crippen LogP) is 3.95. The Bertz CT molecular complexity index is 955. The Morgan fingerprint density at radius 3 is 2.67 bits per heavy atom. The Balaban J connectivity index is 1.57. The lowest BCUT2D eigenvalue weighted by molar-refractivity contribution is -0.0231. The Morgan fingerprint density at radius 2 is 1.89 bits per heavy atom. The van der Waals surface area contributed by atoms with Gasteiger partial charge in [-0.3, -0.25) is 9.48 Å². The fourth-order valence-electron chi connectivity index (χ4n) is 3.33. The fraction of sp³-hybridized carbons (Fsp3) is 0.238. The van der Waals surface area contributed by atoms with Gasteiger partial charge in [0.05, 0.1) is 23.9 Å². The van der Waals surface area contributed by atoms with Crippen LogP contribution in [0.25, 0.3) is 11.3 Å². The van der Waals surface area contributed by atoms with Crippen LogP contribution in [0.1, 0.15) is 22.2 Å². The number of rotatable bonds is 3. The van der Waals surface area contributed by atoms with E-state index in [9.17, 15) is 4.79 Å². The van der Waals surface area contributed by atoms with Gasteiger partial charge in [0, 0.05) is 19.2 Å². The van der Waals surface area contributed by atoms with Crippen LogP contribution >= 0.6 is 11.6 Å². The van der Waals surface area contributed by atoms with Gasteiger partial charge in [0.1, 0.15) is 11.8 Å². The molecule has 0 spiro atoms. The number of hydrogen-bond acceptors (Lipinski definition) is 3. The topological polar surface area (TPSA) is 47.4 Å². The molecule has 27 heavy (non-hydrogen) atoms. The van der Waals surface area contributed by atoms with E-state index in [2.05, 4.69) is 5.10 Å². The average molecular weight is 382 g/mol. The molecule has 3 aromatic rings. The van der Waals surface area contributed by atoms with E-state index in [1.807, 2.05) is 59.5 Å². The molecule has 4 rings (SSSR count). The summed E-state index contributed by atoms with van der Waals surface area (Å²) >= 11 is 6.27. The molecule has 0 unspecified atom stereocenters. The maximum absolute atomic E-state index is 13.1. The molecule has 1 amide bonds. The first-order chi connectivity index (χ1) is 13.1. The first kappa shape index (κ1) is 17.8. The lowest BCUT2D eigenvalue weighted by atomic mass is 10.1. The highest BCUT2D eigenvalue weighted by Gasteiger charge is 2.28. The molecule has 1 atom stereocenters. The van der Waals surface area contributed by atoms with E-state index in [0.29, 0.717) is 36.1 Å². The van der Waals surface area contributed by atoms with E-state index in [-0.39, 0.29) is 12.0 Å². The number of carbonyl (C=O) groups excluding carboxylic acids is 1. The monoisotopic (exact) mass is 381 g/mol. The third-order valence-electron chi connectivity index (χ3n) is 4.77. The van der Waals surface area contributed by atoms with Crippen molar-refractivity contribution in [3.05, 3.63) is 76.9 Å². The second-order valence-electron chi connectivity index (χ2n) is 6.54. The maximum atomic E-state index is 13.1. The van der Waals surface area contributed by atoms with Gasteiger partial charge in [-0.05, 0) is 17.7 Å². The van der Waals surface area contributed by atoms with Crippen LogP contribution < -0.4 is 0 Å². The molecule has 0 N–H and O–H groups in total. The minimum absolute atomic E-state index is 0.0486. The molecule has 2 heterocycles. The van der Waals surface area contributed by atoms with Gasteiger partial charge in [-0.15, -0.1) is 0 Å². The Kier molecular flexibility index (Phi) is 4.97. The zero-order valence-electron chi connectivity index (χ0n) is 15.0. The van der Waals surface area contributed by atoms with Gasteiger partial charge in [0.25, 0.3) is 5.91 Å². The number of carbonyl (C=O) groups is 1. The number of ether oxygens (including phenoxy) is 1. The Hall–Kier alpha value is -2.63. The number of hydrogen-bond donors (Lipinski definition) is 0. The van der Waals surface area contributed by atoms with Gasteiger partial charge < -0.3 is 9.64 Å². The van der Waals surface area contributed by atoms with Crippen molar-refractivity contribution in [3.8, 4) is 11.3 Å². The molecule has 6 heteroatoms. The smallest absolute Gasteiger partial charge is 0.272 e. The third-order valence-corrected chi connectivity index (χ3v) is 5.10. The molecule has 138 valence electrons. The molecule has 2 aromatic carbocycles. The summed E-state index contributed by atoms with van der Waals surface area (Å²) in [6.07, 6.45) is -0.111. The highest BCUT2D eigenvalue weighted by Crippen LogP contribution is 2.28. The number of aromatic nitrogens is 2. The summed E-state index contributed by atoms with van der Waals surface area (Å²) < 4.78 is 7.49. The van der Waals surface area contributed by atoms with E-state index >= 15 is 0 Å². The van der Waals surface area contributed by atoms with Crippen molar-refractivity contribution in [1.82, 2.24) is 14.7 Å². The van der Waals surface area contributed by atoms with Crippen molar-refractivity contribution in [2.45, 2.75) is 6.10 Å². The van der Waals surface area contributed by atoms with Crippen molar-refractivity contribution in [3.63, 3.8) is 0 Å². The zero-order chi connectivity index (χ0) is 18.8. The summed E-state index contributed by atoms with van der Waals surface area (Å²) in [7, 11) is 1.78. The molecule has 1 saturated heterocycles. The van der Waals surface area contributed by atoms with Gasteiger partial charge in [0.2, 0.25) is 0 Å². The largest absolute Gasteiger partial charge is 0.370 e. The van der Waals surface area contributed by atoms with Crippen LogP contribution in [-0.4, -0.2) is 40.3 Å². The van der Waals surface area contributed by atoms with E-state index in [0.717, 1.165) is 11.1 Å². The van der Waals surface area contributed by atoms with Crippen LogP contribution in [0.5, 0.6) is 0 Å². The summed E-state index contributed by atoms with van der Waals surface area (Å²) in [5, 5.41) is 5.10. The molecule has 0 aliphatic carbocycles. The van der Waals surface area contributed by atoms with Crippen molar-refractivity contribution in [2.75, 3.05) is 19.7 Å². The molecule has 1 aliphatic rings. The second kappa shape index (κ2) is 7.55. The van der Waals surface area contributed by atoms with Crippen molar-refractivity contribution in [2.24, 2.45) is 7.05 Å². The highest BCUT2D eigenvalue weighted by molar-refractivity contribution is 6.33. The summed E-state index contributed by atoms with van der Waals surface area (Å²) in [6, 6.07) is 19.3. The summed E-state index contributed by atoms with van der Waals surface area (Å²) in [6.45, 7) is 1.60. The van der Waals surface area contributed by atoms with E-state index in [1.165, 1.54) is 0 Å². The lowest BCUT2D eigenvalue weighted by Gasteiger charge is -2.33. The van der Waals surface area contributed by atoms with Crippen LogP contribution in [0.2, 0.25) is 5.02 Å². The molecule has 0 bridgehead atoms. The number of halogens is 1. The molecular weight excluding hydrogens is 362 g/mol. The minimum atomic E-state index is -0.111. The van der Waals surface area contributed by atoms with E-state index < -0.39 is 0 Å². The molecule has 1 fully saturated rings. The van der Waals surface area contributed by atoms with Crippen LogP contribution in [0.15, 0.2) is 60.7 Å². The second-order valence-corrected chi connectivity index (χ2v) is 6.95. The van der Waals surface area contributed by atoms with Crippen LogP contribution in [0.4, 0.5) is 0 Å². The third kappa shape index (κ3) is 3.61. The van der Waals surface area contributed by atoms with Gasteiger partial charge in [0.15, 0.2) is 0 Å². The van der Waals surface area contributed by atoms with Gasteiger partial charge >= 0.3 is 0 Å². The van der Waals surface area contributed by atoms with Crippen molar-refractivity contribution in [1.29, 1.82) is 0 Å². The molecule has 0 saturated carbocycles. The fourth-order valence-corrected chi connectivity index (χ4v) is 3.57. The first-order valence-corrected chi connectivity index (χ1v) is 9.26. The minimum Gasteiger partial charge on any atom is -0.370 e. The number of morpholine rings is 1. The first-order valence-electron chi connectivity index (χ1n) is 8.88. The Labute approximate surface area is 163 Å². The Morgan fingerprint density at radius 1 is 1.15 bits per heavy atom. The highest BCUT2D eigenvalue weighted by atomic mass is 35.5.